The van der Waals surface area contributed by atoms with E-state index in [0.717, 1.165) is 16.2 Å². The number of nitrogens with zero attached hydrogens (tertiary/aromatic N) is 1. The fourth-order valence-corrected chi connectivity index (χ4v) is 2.98. The van der Waals surface area contributed by atoms with E-state index >= 15 is 0 Å². The Balaban J connectivity index is 2.50. The molecule has 100 valence electrons. The molecule has 0 atom stereocenters. The number of thioether (sulfide) groups is 1. The lowest BCUT2D eigenvalue weighted by atomic mass is 10.2. The molecule has 1 aromatic heterocycles. The summed E-state index contributed by atoms with van der Waals surface area (Å²) in [6, 6.07) is 9.67. The van der Waals surface area contributed by atoms with Crippen LogP contribution in [0.4, 0.5) is 0 Å². The Bertz CT molecular complexity index is 667. The lowest BCUT2D eigenvalue weighted by Gasteiger charge is -2.13. The number of hydrogen-bond donors (Lipinski definition) is 1. The first-order valence-electron chi connectivity index (χ1n) is 5.75. The fraction of sp³-hybridized carbons (Fsp3) is 0.214. The third kappa shape index (κ3) is 2.97. The first-order valence-corrected chi connectivity index (χ1v) is 8.05. The van der Waals surface area contributed by atoms with Gasteiger partial charge in [0.2, 0.25) is 0 Å². The second kappa shape index (κ2) is 6.00. The monoisotopic (exact) mass is 387 g/mol. The average Bonchev–Trinajstić information content (AvgIpc) is 2.41. The molecule has 0 bridgehead atoms. The van der Waals surface area contributed by atoms with Gasteiger partial charge in [-0.3, -0.25) is 4.79 Å². The lowest BCUT2D eigenvalue weighted by molar-refractivity contribution is 0.465. The molecule has 0 saturated heterocycles. The van der Waals surface area contributed by atoms with Gasteiger partial charge in [0.25, 0.3) is 5.56 Å². The highest BCUT2D eigenvalue weighted by Crippen LogP contribution is 2.22. The van der Waals surface area contributed by atoms with Crippen LogP contribution in [-0.4, -0.2) is 15.9 Å². The Labute approximate surface area is 129 Å². The van der Waals surface area contributed by atoms with Gasteiger partial charge in [-0.1, -0.05) is 18.2 Å². The van der Waals surface area contributed by atoms with E-state index in [9.17, 15) is 9.90 Å². The number of halogens is 1. The molecule has 2 rings (SSSR count). The van der Waals surface area contributed by atoms with E-state index in [1.165, 1.54) is 0 Å². The van der Waals surface area contributed by atoms with Crippen LogP contribution in [0.15, 0.2) is 40.0 Å². The summed E-state index contributed by atoms with van der Waals surface area (Å²) in [4.78, 5) is 13.4. The molecule has 0 saturated carbocycles. The minimum Gasteiger partial charge on any atom is -0.507 e. The van der Waals surface area contributed by atoms with Crippen LogP contribution < -0.4 is 5.56 Å². The van der Waals surface area contributed by atoms with Crippen LogP contribution in [0.2, 0.25) is 0 Å². The fourth-order valence-electron chi connectivity index (χ4n) is 1.93. The zero-order valence-electron chi connectivity index (χ0n) is 10.7. The van der Waals surface area contributed by atoms with Crippen LogP contribution in [-0.2, 0) is 6.54 Å². The second-order valence-electron chi connectivity index (χ2n) is 4.19. The number of aromatic hydroxyl groups is 1. The molecule has 1 heterocycles. The van der Waals surface area contributed by atoms with Crippen LogP contribution in [0.25, 0.3) is 0 Å². The predicted molar refractivity (Wildman–Crippen MR) is 87.1 cm³/mol. The highest BCUT2D eigenvalue weighted by Gasteiger charge is 2.11. The number of rotatable bonds is 3. The molecule has 0 unspecified atom stereocenters. The summed E-state index contributed by atoms with van der Waals surface area (Å²) >= 11 is 3.55. The van der Waals surface area contributed by atoms with E-state index in [1.807, 2.05) is 60.0 Å². The average molecular weight is 387 g/mol. The van der Waals surface area contributed by atoms with Crippen LogP contribution in [0.5, 0.6) is 5.75 Å². The largest absolute Gasteiger partial charge is 0.507 e. The minimum atomic E-state index is -0.144. The van der Waals surface area contributed by atoms with Crippen molar-refractivity contribution in [3.8, 4) is 5.75 Å². The van der Waals surface area contributed by atoms with Crippen molar-refractivity contribution in [2.24, 2.45) is 0 Å². The highest BCUT2D eigenvalue weighted by atomic mass is 127. The smallest absolute Gasteiger partial charge is 0.268 e. The first kappa shape index (κ1) is 14.5. The summed E-state index contributed by atoms with van der Waals surface area (Å²) in [5.74, 6) is 0.0532. The minimum absolute atomic E-state index is 0.0532. The predicted octanol–water partition coefficient (Wildman–Crippen LogP) is 3.24. The maximum Gasteiger partial charge on any atom is 0.268 e. The first-order chi connectivity index (χ1) is 9.04. The molecular formula is C14H14INO2S. The van der Waals surface area contributed by atoms with E-state index in [4.69, 9.17) is 0 Å². The van der Waals surface area contributed by atoms with Gasteiger partial charge in [0.1, 0.15) is 9.32 Å². The van der Waals surface area contributed by atoms with E-state index in [-0.39, 0.29) is 11.3 Å². The van der Waals surface area contributed by atoms with Crippen molar-refractivity contribution in [2.45, 2.75) is 18.4 Å². The molecule has 0 aliphatic rings. The number of aromatic nitrogens is 1. The summed E-state index contributed by atoms with van der Waals surface area (Å²) in [5.41, 5.74) is 1.73. The van der Waals surface area contributed by atoms with Gasteiger partial charge < -0.3 is 9.67 Å². The highest BCUT2D eigenvalue weighted by molar-refractivity contribution is 14.1. The Morgan fingerprint density at radius 2 is 2.05 bits per heavy atom. The molecule has 0 aliphatic heterocycles. The van der Waals surface area contributed by atoms with E-state index in [2.05, 4.69) is 0 Å². The molecule has 0 radical (unpaired) electrons. The molecule has 0 spiro atoms. The zero-order valence-corrected chi connectivity index (χ0v) is 13.7. The van der Waals surface area contributed by atoms with Crippen LogP contribution in [0.3, 0.4) is 0 Å². The molecule has 0 aliphatic carbocycles. The van der Waals surface area contributed by atoms with E-state index in [1.54, 1.807) is 22.4 Å². The Kier molecular flexibility index (Phi) is 4.57. The third-order valence-corrected chi connectivity index (χ3v) is 4.80. The number of hydrogen-bond acceptors (Lipinski definition) is 3. The lowest BCUT2D eigenvalue weighted by Crippen LogP contribution is -2.25. The molecule has 3 nitrogen and oxygen atoms in total. The molecular weight excluding hydrogens is 373 g/mol. The number of aryl methyl sites for hydroxylation is 1. The topological polar surface area (TPSA) is 42.2 Å². The summed E-state index contributed by atoms with van der Waals surface area (Å²) in [7, 11) is 0. The number of pyridine rings is 1. The van der Waals surface area contributed by atoms with Crippen LogP contribution in [0.1, 0.15) is 11.3 Å². The summed E-state index contributed by atoms with van der Waals surface area (Å²) in [6.07, 6.45) is 2.02. The Morgan fingerprint density at radius 3 is 2.74 bits per heavy atom. The molecule has 0 amide bonds. The van der Waals surface area contributed by atoms with E-state index < -0.39 is 0 Å². The molecule has 1 aromatic carbocycles. The van der Waals surface area contributed by atoms with E-state index in [0.29, 0.717) is 10.1 Å². The van der Waals surface area contributed by atoms with Gasteiger partial charge >= 0.3 is 0 Å². The summed E-state index contributed by atoms with van der Waals surface area (Å²) in [6.45, 7) is 2.36. The van der Waals surface area contributed by atoms with Gasteiger partial charge in [-0.05, 0) is 47.4 Å². The van der Waals surface area contributed by atoms with Crippen molar-refractivity contribution in [1.29, 1.82) is 0 Å². The van der Waals surface area contributed by atoms with Gasteiger partial charge in [-0.15, -0.1) is 11.8 Å². The van der Waals surface area contributed by atoms with Gasteiger partial charge in [-0.25, -0.2) is 0 Å². The quantitative estimate of drug-likeness (QED) is 0.650. The SMILES string of the molecule is CSc1ccccc1Cn1c(C)cc(O)c(I)c1=O. The Hall–Kier alpha value is -0.950. The summed E-state index contributed by atoms with van der Waals surface area (Å²) < 4.78 is 2.06. The molecule has 1 N–H and O–H groups in total. The van der Waals surface area contributed by atoms with Gasteiger partial charge in [0, 0.05) is 16.7 Å². The van der Waals surface area contributed by atoms with Crippen molar-refractivity contribution in [3.05, 3.63) is 55.5 Å². The maximum atomic E-state index is 12.2. The molecule has 5 heteroatoms. The van der Waals surface area contributed by atoms with Gasteiger partial charge in [-0.2, -0.15) is 0 Å². The maximum absolute atomic E-state index is 12.2. The second-order valence-corrected chi connectivity index (χ2v) is 6.11. The standard InChI is InChI=1S/C14H14INO2S/c1-9-7-11(17)13(15)14(18)16(9)8-10-5-3-4-6-12(10)19-2/h3-7,17H,8H2,1-2H3. The van der Waals surface area contributed by atoms with Crippen LogP contribution in [0, 0.1) is 10.5 Å². The zero-order chi connectivity index (χ0) is 14.0. The van der Waals surface area contributed by atoms with Gasteiger partial charge in [0.05, 0.1) is 6.54 Å². The normalized spacial score (nSPS) is 10.7. The van der Waals surface area contributed by atoms with Crippen molar-refractivity contribution >= 4 is 34.4 Å². The third-order valence-electron chi connectivity index (χ3n) is 2.95. The number of benzene rings is 1. The van der Waals surface area contributed by atoms with Crippen LogP contribution >= 0.6 is 34.4 Å². The Morgan fingerprint density at radius 1 is 1.37 bits per heavy atom. The molecule has 19 heavy (non-hydrogen) atoms. The van der Waals surface area contributed by atoms with Crippen molar-refractivity contribution < 1.29 is 5.11 Å². The van der Waals surface area contributed by atoms with Crippen molar-refractivity contribution in [2.75, 3.05) is 6.26 Å². The summed E-state index contributed by atoms with van der Waals surface area (Å²) in [5, 5.41) is 9.65. The molecule has 0 fully saturated rings. The molecule has 2 aromatic rings. The van der Waals surface area contributed by atoms with Gasteiger partial charge in [0.15, 0.2) is 0 Å². The van der Waals surface area contributed by atoms with Crippen molar-refractivity contribution in [1.82, 2.24) is 4.57 Å². The van der Waals surface area contributed by atoms with Crippen molar-refractivity contribution in [3.63, 3.8) is 0 Å².